The second-order valence-corrected chi connectivity index (χ2v) is 3.93. The maximum atomic E-state index is 5.53. The summed E-state index contributed by atoms with van der Waals surface area (Å²) in [5, 5.41) is 3.42. The van der Waals surface area contributed by atoms with Gasteiger partial charge in [0.15, 0.2) is 0 Å². The number of nitrogens with one attached hydrogen (secondary N) is 1. The number of benzene rings is 1. The highest BCUT2D eigenvalue weighted by atomic mass is 35.5. The molecule has 1 aromatic carbocycles. The molecule has 1 unspecified atom stereocenters. The van der Waals surface area contributed by atoms with E-state index in [2.05, 4.69) is 42.6 Å². The monoisotopic (exact) mass is 223 g/mol. The van der Waals surface area contributed by atoms with Gasteiger partial charge in [-0.2, -0.15) is 0 Å². The van der Waals surface area contributed by atoms with Crippen LogP contribution in [0.15, 0.2) is 42.5 Å². The van der Waals surface area contributed by atoms with E-state index in [1.807, 2.05) is 12.1 Å². The molecule has 1 atom stereocenters. The van der Waals surface area contributed by atoms with Crippen LogP contribution in [0.2, 0.25) is 0 Å². The summed E-state index contributed by atoms with van der Waals surface area (Å²) in [4.78, 5) is 0. The lowest BCUT2D eigenvalue weighted by Crippen LogP contribution is -2.28. The van der Waals surface area contributed by atoms with Gasteiger partial charge in [-0.3, -0.25) is 0 Å². The Bertz CT molecular complexity index is 282. The minimum absolute atomic E-state index is 0.493. The summed E-state index contributed by atoms with van der Waals surface area (Å²) in [6, 6.07) is 11.0. The zero-order valence-corrected chi connectivity index (χ0v) is 9.87. The van der Waals surface area contributed by atoms with Crippen molar-refractivity contribution in [2.75, 3.05) is 12.4 Å². The Morgan fingerprint density at radius 2 is 2.00 bits per heavy atom. The average Bonchev–Trinajstić information content (AvgIpc) is 2.26. The van der Waals surface area contributed by atoms with Crippen molar-refractivity contribution < 1.29 is 0 Å². The first kappa shape index (κ1) is 12.3. The van der Waals surface area contributed by atoms with Crippen LogP contribution in [0.4, 0.5) is 0 Å². The number of alkyl halides is 1. The van der Waals surface area contributed by atoms with Gasteiger partial charge in [-0.15, -0.1) is 11.6 Å². The van der Waals surface area contributed by atoms with E-state index in [1.165, 1.54) is 5.56 Å². The van der Waals surface area contributed by atoms with E-state index >= 15 is 0 Å². The quantitative estimate of drug-likeness (QED) is 0.578. The molecular formula is C13H18ClN. The lowest BCUT2D eigenvalue weighted by Gasteiger charge is -2.12. The van der Waals surface area contributed by atoms with Crippen molar-refractivity contribution in [1.82, 2.24) is 5.32 Å². The summed E-state index contributed by atoms with van der Waals surface area (Å²) in [5.41, 5.74) is 1.37. The van der Waals surface area contributed by atoms with Crippen LogP contribution in [-0.2, 0) is 6.42 Å². The molecule has 1 rings (SSSR count). The lowest BCUT2D eigenvalue weighted by atomic mass is 10.1. The highest BCUT2D eigenvalue weighted by molar-refractivity contribution is 6.18. The molecule has 15 heavy (non-hydrogen) atoms. The molecule has 0 aliphatic carbocycles. The summed E-state index contributed by atoms with van der Waals surface area (Å²) in [6.07, 6.45) is 5.09. The molecule has 0 fully saturated rings. The van der Waals surface area contributed by atoms with Crippen LogP contribution in [0.25, 0.3) is 0 Å². The molecular weight excluding hydrogens is 206 g/mol. The number of hydrogen-bond acceptors (Lipinski definition) is 1. The Labute approximate surface area is 97.1 Å². The first-order chi connectivity index (χ1) is 7.33. The van der Waals surface area contributed by atoms with Crippen LogP contribution in [0.5, 0.6) is 0 Å². The van der Waals surface area contributed by atoms with Gasteiger partial charge < -0.3 is 5.32 Å². The standard InChI is InChI=1S/C13H18ClN/c1-12(15-10-6-5-9-14)11-13-7-3-2-4-8-13/h2-8,12,15H,9-11H2,1H3/b6-5+. The van der Waals surface area contributed by atoms with Crippen LogP contribution in [0.3, 0.4) is 0 Å². The Hall–Kier alpha value is -0.790. The fourth-order valence-electron chi connectivity index (χ4n) is 1.46. The smallest absolute Gasteiger partial charge is 0.0404 e. The zero-order valence-electron chi connectivity index (χ0n) is 9.12. The van der Waals surface area contributed by atoms with Gasteiger partial charge in [0, 0.05) is 18.5 Å². The minimum Gasteiger partial charge on any atom is -0.310 e. The number of allylic oxidation sites excluding steroid dienone is 1. The van der Waals surface area contributed by atoms with Crippen molar-refractivity contribution in [2.45, 2.75) is 19.4 Å². The summed E-state index contributed by atoms with van der Waals surface area (Å²) < 4.78 is 0. The topological polar surface area (TPSA) is 12.0 Å². The van der Waals surface area contributed by atoms with Gasteiger partial charge in [0.25, 0.3) is 0 Å². The molecule has 0 amide bonds. The number of halogens is 1. The molecule has 0 aromatic heterocycles. The van der Waals surface area contributed by atoms with E-state index in [-0.39, 0.29) is 0 Å². The van der Waals surface area contributed by atoms with E-state index in [9.17, 15) is 0 Å². The summed E-state index contributed by atoms with van der Waals surface area (Å²) in [7, 11) is 0. The Morgan fingerprint density at radius 1 is 1.27 bits per heavy atom. The second kappa shape index (κ2) is 7.49. The van der Waals surface area contributed by atoms with E-state index in [1.54, 1.807) is 0 Å². The van der Waals surface area contributed by atoms with E-state index in [0.717, 1.165) is 13.0 Å². The Kier molecular flexibility index (Phi) is 6.14. The van der Waals surface area contributed by atoms with E-state index in [0.29, 0.717) is 11.9 Å². The van der Waals surface area contributed by atoms with Crippen molar-refractivity contribution >= 4 is 11.6 Å². The van der Waals surface area contributed by atoms with Crippen LogP contribution in [0, 0.1) is 0 Å². The van der Waals surface area contributed by atoms with Gasteiger partial charge >= 0.3 is 0 Å². The fourth-order valence-corrected chi connectivity index (χ4v) is 1.58. The number of rotatable bonds is 6. The highest BCUT2D eigenvalue weighted by Crippen LogP contribution is 2.02. The van der Waals surface area contributed by atoms with Crippen molar-refractivity contribution in [3.8, 4) is 0 Å². The lowest BCUT2D eigenvalue weighted by molar-refractivity contribution is 0.580. The van der Waals surface area contributed by atoms with Crippen LogP contribution in [0.1, 0.15) is 12.5 Å². The first-order valence-electron chi connectivity index (χ1n) is 5.31. The minimum atomic E-state index is 0.493. The van der Waals surface area contributed by atoms with Crippen molar-refractivity contribution in [1.29, 1.82) is 0 Å². The third-order valence-corrected chi connectivity index (χ3v) is 2.40. The van der Waals surface area contributed by atoms with Gasteiger partial charge in [0.1, 0.15) is 0 Å². The van der Waals surface area contributed by atoms with Crippen molar-refractivity contribution in [3.05, 3.63) is 48.0 Å². The molecule has 0 saturated heterocycles. The third-order valence-electron chi connectivity index (χ3n) is 2.22. The van der Waals surface area contributed by atoms with Gasteiger partial charge in [0.05, 0.1) is 0 Å². The summed E-state index contributed by atoms with van der Waals surface area (Å²) in [5.74, 6) is 0.592. The Balaban J connectivity index is 2.24. The van der Waals surface area contributed by atoms with Gasteiger partial charge in [-0.25, -0.2) is 0 Å². The van der Waals surface area contributed by atoms with Crippen molar-refractivity contribution in [2.24, 2.45) is 0 Å². The maximum Gasteiger partial charge on any atom is 0.0404 e. The zero-order chi connectivity index (χ0) is 10.9. The predicted molar refractivity (Wildman–Crippen MR) is 67.5 cm³/mol. The second-order valence-electron chi connectivity index (χ2n) is 3.62. The number of hydrogen-bond donors (Lipinski definition) is 1. The molecule has 2 heteroatoms. The molecule has 1 N–H and O–H groups in total. The molecule has 0 heterocycles. The molecule has 0 radical (unpaired) electrons. The first-order valence-corrected chi connectivity index (χ1v) is 5.84. The predicted octanol–water partition coefficient (Wildman–Crippen LogP) is 3.00. The summed E-state index contributed by atoms with van der Waals surface area (Å²) >= 11 is 5.53. The Morgan fingerprint density at radius 3 is 2.67 bits per heavy atom. The van der Waals surface area contributed by atoms with Gasteiger partial charge in [-0.05, 0) is 18.9 Å². The van der Waals surface area contributed by atoms with Crippen LogP contribution in [-0.4, -0.2) is 18.5 Å². The van der Waals surface area contributed by atoms with E-state index in [4.69, 9.17) is 11.6 Å². The van der Waals surface area contributed by atoms with Crippen molar-refractivity contribution in [3.63, 3.8) is 0 Å². The summed E-state index contributed by atoms with van der Waals surface area (Å²) in [6.45, 7) is 3.09. The molecule has 1 aromatic rings. The molecule has 0 spiro atoms. The molecule has 1 nitrogen and oxygen atoms in total. The molecule has 0 saturated carbocycles. The average molecular weight is 224 g/mol. The molecule has 0 aliphatic rings. The molecule has 0 bridgehead atoms. The fraction of sp³-hybridized carbons (Fsp3) is 0.385. The van der Waals surface area contributed by atoms with Crippen LogP contribution >= 0.6 is 11.6 Å². The SMILES string of the molecule is CC(Cc1ccccc1)NC/C=C/CCl. The normalized spacial score (nSPS) is 13.2. The van der Waals surface area contributed by atoms with Gasteiger partial charge in [-0.1, -0.05) is 42.5 Å². The highest BCUT2D eigenvalue weighted by Gasteiger charge is 2.00. The van der Waals surface area contributed by atoms with Gasteiger partial charge in [0.2, 0.25) is 0 Å². The molecule has 0 aliphatic heterocycles. The maximum absolute atomic E-state index is 5.53. The largest absolute Gasteiger partial charge is 0.310 e. The van der Waals surface area contributed by atoms with E-state index < -0.39 is 0 Å². The molecule has 82 valence electrons. The van der Waals surface area contributed by atoms with Crippen LogP contribution < -0.4 is 5.32 Å². The third kappa shape index (κ3) is 5.60.